The van der Waals surface area contributed by atoms with Gasteiger partial charge >= 0.3 is 0 Å². The van der Waals surface area contributed by atoms with Crippen molar-refractivity contribution in [2.24, 2.45) is 5.10 Å². The van der Waals surface area contributed by atoms with Gasteiger partial charge in [-0.05, 0) is 68.0 Å². The standard InChI is InChI=1S/C26H22Cl2N4O2S2/c1-15-6-9-17(10-7-15)32-25(34)23-18-4-2-3-5-21(18)36-24(23)30-26(32)35-14-22(33)31-29-13-16-8-11-19(27)20(28)12-16/h6-13H,2-5,14H2,1H3,(H,31,33)/b29-13-. The molecular formula is C26H22Cl2N4O2S2. The normalized spacial score (nSPS) is 13.3. The zero-order chi connectivity index (χ0) is 25.2. The van der Waals surface area contributed by atoms with Crippen molar-refractivity contribution in [2.75, 3.05) is 5.75 Å². The monoisotopic (exact) mass is 556 g/mol. The summed E-state index contributed by atoms with van der Waals surface area (Å²) in [6.07, 6.45) is 5.61. The summed E-state index contributed by atoms with van der Waals surface area (Å²) in [4.78, 5) is 33.1. The van der Waals surface area contributed by atoms with Gasteiger partial charge in [0.15, 0.2) is 5.16 Å². The summed E-state index contributed by atoms with van der Waals surface area (Å²) in [7, 11) is 0. The summed E-state index contributed by atoms with van der Waals surface area (Å²) in [6, 6.07) is 12.8. The quantitative estimate of drug-likeness (QED) is 0.133. The van der Waals surface area contributed by atoms with Gasteiger partial charge in [-0.3, -0.25) is 14.2 Å². The van der Waals surface area contributed by atoms with Crippen LogP contribution in [0.3, 0.4) is 0 Å². The molecule has 184 valence electrons. The Kier molecular flexibility index (Phi) is 7.48. The van der Waals surface area contributed by atoms with Gasteiger partial charge in [0.05, 0.1) is 33.1 Å². The number of aromatic nitrogens is 2. The molecule has 10 heteroatoms. The Morgan fingerprint density at radius 1 is 1.17 bits per heavy atom. The van der Waals surface area contributed by atoms with Crippen LogP contribution in [-0.4, -0.2) is 27.4 Å². The van der Waals surface area contributed by atoms with Gasteiger partial charge in [-0.15, -0.1) is 11.3 Å². The van der Waals surface area contributed by atoms with E-state index in [1.54, 1.807) is 34.1 Å². The maximum Gasteiger partial charge on any atom is 0.267 e. The first kappa shape index (κ1) is 25.0. The first-order valence-corrected chi connectivity index (χ1v) is 14.0. The number of benzene rings is 2. The summed E-state index contributed by atoms with van der Waals surface area (Å²) in [5, 5.41) is 6.06. The Bertz CT molecular complexity index is 1540. The van der Waals surface area contributed by atoms with Crippen molar-refractivity contribution in [3.05, 3.63) is 84.4 Å². The third-order valence-corrected chi connectivity index (χ3v) is 8.79. The second kappa shape index (κ2) is 10.8. The lowest BCUT2D eigenvalue weighted by molar-refractivity contribution is -0.118. The lowest BCUT2D eigenvalue weighted by Gasteiger charge is -2.13. The van der Waals surface area contributed by atoms with Crippen LogP contribution < -0.4 is 11.0 Å². The number of fused-ring (bicyclic) bond motifs is 3. The molecule has 1 aliphatic carbocycles. The van der Waals surface area contributed by atoms with Gasteiger partial charge in [-0.2, -0.15) is 5.10 Å². The van der Waals surface area contributed by atoms with E-state index in [1.165, 1.54) is 22.9 Å². The van der Waals surface area contributed by atoms with E-state index in [1.807, 2.05) is 31.2 Å². The van der Waals surface area contributed by atoms with Crippen LogP contribution in [-0.2, 0) is 17.6 Å². The van der Waals surface area contributed by atoms with E-state index in [4.69, 9.17) is 28.2 Å². The first-order valence-electron chi connectivity index (χ1n) is 11.4. The SMILES string of the molecule is Cc1ccc(-n2c(SCC(=O)N/N=C\c3ccc(Cl)c(Cl)c3)nc3sc4c(c3c2=O)CCCC4)cc1. The summed E-state index contributed by atoms with van der Waals surface area (Å²) >= 11 is 14.8. The molecule has 0 aliphatic heterocycles. The smallest absolute Gasteiger partial charge is 0.267 e. The molecule has 36 heavy (non-hydrogen) atoms. The molecule has 2 heterocycles. The number of carbonyl (C=O) groups is 1. The van der Waals surface area contributed by atoms with E-state index in [-0.39, 0.29) is 17.2 Å². The van der Waals surface area contributed by atoms with Crippen LogP contribution in [0.5, 0.6) is 0 Å². The lowest BCUT2D eigenvalue weighted by Crippen LogP contribution is -2.24. The average Bonchev–Trinajstić information content (AvgIpc) is 3.24. The van der Waals surface area contributed by atoms with Crippen LogP contribution in [0.2, 0.25) is 10.0 Å². The fourth-order valence-electron chi connectivity index (χ4n) is 4.14. The van der Waals surface area contributed by atoms with Crippen LogP contribution >= 0.6 is 46.3 Å². The second-order valence-corrected chi connectivity index (χ2v) is 11.4. The molecule has 0 saturated carbocycles. The van der Waals surface area contributed by atoms with Crippen molar-refractivity contribution in [3.63, 3.8) is 0 Å². The highest BCUT2D eigenvalue weighted by atomic mass is 35.5. The molecule has 0 spiro atoms. The van der Waals surface area contributed by atoms with Crippen molar-refractivity contribution < 1.29 is 4.79 Å². The van der Waals surface area contributed by atoms with E-state index in [0.29, 0.717) is 20.8 Å². The van der Waals surface area contributed by atoms with E-state index < -0.39 is 0 Å². The molecular weight excluding hydrogens is 535 g/mol. The number of carbonyl (C=O) groups excluding carboxylic acids is 1. The summed E-state index contributed by atoms with van der Waals surface area (Å²) in [5.41, 5.74) is 6.12. The van der Waals surface area contributed by atoms with Crippen LogP contribution in [0.25, 0.3) is 15.9 Å². The lowest BCUT2D eigenvalue weighted by atomic mass is 9.97. The number of rotatable bonds is 6. The van der Waals surface area contributed by atoms with Gasteiger partial charge < -0.3 is 0 Å². The van der Waals surface area contributed by atoms with Crippen LogP contribution in [0, 0.1) is 6.92 Å². The van der Waals surface area contributed by atoms with Crippen molar-refractivity contribution >= 4 is 68.6 Å². The fourth-order valence-corrected chi connectivity index (χ4v) is 6.55. The number of amides is 1. The molecule has 0 saturated heterocycles. The molecule has 5 rings (SSSR count). The Hall–Kier alpha value is -2.65. The highest BCUT2D eigenvalue weighted by molar-refractivity contribution is 7.99. The highest BCUT2D eigenvalue weighted by Gasteiger charge is 2.23. The molecule has 2 aromatic carbocycles. The van der Waals surface area contributed by atoms with Crippen molar-refractivity contribution in [1.29, 1.82) is 0 Å². The Morgan fingerprint density at radius 2 is 1.94 bits per heavy atom. The largest absolute Gasteiger partial charge is 0.272 e. The highest BCUT2D eigenvalue weighted by Crippen LogP contribution is 2.35. The molecule has 1 amide bonds. The van der Waals surface area contributed by atoms with E-state index in [9.17, 15) is 9.59 Å². The number of nitrogens with one attached hydrogen (secondary N) is 1. The minimum atomic E-state index is -0.313. The summed E-state index contributed by atoms with van der Waals surface area (Å²) in [5.74, 6) is -0.264. The number of hydrogen-bond acceptors (Lipinski definition) is 6. The Labute approximate surface area is 226 Å². The third-order valence-electron chi connectivity index (χ3n) is 5.93. The predicted molar refractivity (Wildman–Crippen MR) is 150 cm³/mol. The molecule has 0 fully saturated rings. The molecule has 6 nitrogen and oxygen atoms in total. The van der Waals surface area contributed by atoms with Gasteiger partial charge in [-0.1, -0.05) is 58.7 Å². The zero-order valence-corrected chi connectivity index (χ0v) is 22.5. The number of hydrogen-bond donors (Lipinski definition) is 1. The predicted octanol–water partition coefficient (Wildman–Crippen LogP) is 6.18. The summed E-state index contributed by atoms with van der Waals surface area (Å²) < 4.78 is 1.63. The fraction of sp³-hybridized carbons (Fsp3) is 0.231. The number of nitrogens with zero attached hydrogens (tertiary/aromatic N) is 3. The molecule has 1 aliphatic rings. The third kappa shape index (κ3) is 5.22. The molecule has 4 aromatic rings. The number of thiophene rings is 1. The van der Waals surface area contributed by atoms with Crippen LogP contribution in [0.4, 0.5) is 0 Å². The first-order chi connectivity index (χ1) is 17.4. The van der Waals surface area contributed by atoms with Crippen LogP contribution in [0.15, 0.2) is 57.5 Å². The van der Waals surface area contributed by atoms with Gasteiger partial charge in [0.25, 0.3) is 11.5 Å². The Balaban J connectivity index is 1.41. The number of hydrazone groups is 1. The van der Waals surface area contributed by atoms with Crippen molar-refractivity contribution in [2.45, 2.75) is 37.8 Å². The van der Waals surface area contributed by atoms with Gasteiger partial charge in [0, 0.05) is 4.88 Å². The van der Waals surface area contributed by atoms with Crippen molar-refractivity contribution in [3.8, 4) is 5.69 Å². The average molecular weight is 558 g/mol. The van der Waals surface area contributed by atoms with Gasteiger partial charge in [0.2, 0.25) is 0 Å². The number of aryl methyl sites for hydroxylation is 3. The van der Waals surface area contributed by atoms with Gasteiger partial charge in [-0.25, -0.2) is 10.4 Å². The Morgan fingerprint density at radius 3 is 2.72 bits per heavy atom. The minimum absolute atomic E-state index is 0.0492. The number of thioether (sulfide) groups is 1. The number of halogens is 2. The topological polar surface area (TPSA) is 76.3 Å². The van der Waals surface area contributed by atoms with Gasteiger partial charge in [0.1, 0.15) is 4.83 Å². The van der Waals surface area contributed by atoms with Crippen molar-refractivity contribution in [1.82, 2.24) is 15.0 Å². The van der Waals surface area contributed by atoms with E-state index in [2.05, 4.69) is 10.5 Å². The second-order valence-electron chi connectivity index (χ2n) is 8.52. The molecule has 2 aromatic heterocycles. The maximum absolute atomic E-state index is 13.8. The van der Waals surface area contributed by atoms with E-state index >= 15 is 0 Å². The molecule has 0 radical (unpaired) electrons. The molecule has 1 N–H and O–H groups in total. The van der Waals surface area contributed by atoms with E-state index in [0.717, 1.165) is 52.7 Å². The molecule has 0 atom stereocenters. The summed E-state index contributed by atoms with van der Waals surface area (Å²) in [6.45, 7) is 2.00. The molecule has 0 unspecified atom stereocenters. The van der Waals surface area contributed by atoms with Crippen LogP contribution in [0.1, 0.15) is 34.4 Å². The maximum atomic E-state index is 13.8. The minimum Gasteiger partial charge on any atom is -0.272 e. The zero-order valence-electron chi connectivity index (χ0n) is 19.4. The molecule has 0 bridgehead atoms.